The van der Waals surface area contributed by atoms with Gasteiger partial charge in [0.05, 0.1) is 5.52 Å². The van der Waals surface area contributed by atoms with Gasteiger partial charge >= 0.3 is 5.69 Å². The average molecular weight is 311 g/mol. The largest absolute Gasteiger partial charge is 0.365 e. The maximum Gasteiger partial charge on any atom is 0.354 e. The van der Waals surface area contributed by atoms with Crippen LogP contribution in [0.3, 0.4) is 0 Å². The molecule has 2 aromatic heterocycles. The summed E-state index contributed by atoms with van der Waals surface area (Å²) in [7, 11) is 0. The first kappa shape index (κ1) is 14.1. The van der Waals surface area contributed by atoms with Crippen LogP contribution in [0.4, 0.5) is 5.82 Å². The van der Waals surface area contributed by atoms with Gasteiger partial charge in [0.2, 0.25) is 0 Å². The number of hydrogen-bond acceptors (Lipinski definition) is 4. The average Bonchev–Trinajstić information content (AvgIpc) is 2.54. The molecule has 0 bridgehead atoms. The van der Waals surface area contributed by atoms with E-state index in [0.29, 0.717) is 22.6 Å². The molecular formula is C16H11ClN4O. The van der Waals surface area contributed by atoms with E-state index in [9.17, 15) is 10.1 Å². The van der Waals surface area contributed by atoms with Crippen molar-refractivity contribution in [3.05, 3.63) is 75.3 Å². The van der Waals surface area contributed by atoms with Gasteiger partial charge in [-0.1, -0.05) is 29.8 Å². The quantitative estimate of drug-likeness (QED) is 0.807. The van der Waals surface area contributed by atoms with Gasteiger partial charge in [0.25, 0.3) is 0 Å². The van der Waals surface area contributed by atoms with Crippen LogP contribution in [0.15, 0.2) is 53.5 Å². The zero-order valence-corrected chi connectivity index (χ0v) is 12.2. The summed E-state index contributed by atoms with van der Waals surface area (Å²) in [5, 5.41) is 13.1. The van der Waals surface area contributed by atoms with Crippen LogP contribution in [0.25, 0.3) is 5.52 Å². The summed E-state index contributed by atoms with van der Waals surface area (Å²) in [5.41, 5.74) is 1.43. The fourth-order valence-electron chi connectivity index (χ4n) is 2.17. The molecule has 0 fully saturated rings. The molecule has 0 aliphatic heterocycles. The minimum Gasteiger partial charge on any atom is -0.365 e. The zero-order chi connectivity index (χ0) is 15.5. The van der Waals surface area contributed by atoms with E-state index in [1.54, 1.807) is 36.5 Å². The topological polar surface area (TPSA) is 70.2 Å². The third kappa shape index (κ3) is 2.65. The van der Waals surface area contributed by atoms with Gasteiger partial charge in [0, 0.05) is 17.8 Å². The van der Waals surface area contributed by atoms with Crippen molar-refractivity contribution < 1.29 is 0 Å². The predicted molar refractivity (Wildman–Crippen MR) is 85.0 cm³/mol. The van der Waals surface area contributed by atoms with Crippen molar-refractivity contribution in [1.82, 2.24) is 9.38 Å². The van der Waals surface area contributed by atoms with E-state index in [2.05, 4.69) is 16.4 Å². The first-order chi connectivity index (χ1) is 10.7. The van der Waals surface area contributed by atoms with Crippen molar-refractivity contribution in [3.8, 4) is 6.07 Å². The lowest BCUT2D eigenvalue weighted by Gasteiger charge is -2.09. The maximum absolute atomic E-state index is 12.0. The molecule has 0 saturated carbocycles. The van der Waals surface area contributed by atoms with Crippen molar-refractivity contribution in [2.24, 2.45) is 0 Å². The van der Waals surface area contributed by atoms with Gasteiger partial charge in [0.1, 0.15) is 11.6 Å². The standard InChI is InChI=1S/C16H11ClN4O/c17-12-6-4-11(5-7-12)10-19-15-13(9-18)14-3-1-2-8-21(14)16(22)20-15/h1-8H,10H2,(H,19,20,22). The van der Waals surface area contributed by atoms with Crippen molar-refractivity contribution >= 4 is 22.9 Å². The lowest BCUT2D eigenvalue weighted by molar-refractivity contribution is 0.974. The van der Waals surface area contributed by atoms with E-state index in [1.165, 1.54) is 4.40 Å². The molecule has 0 unspecified atom stereocenters. The molecule has 0 aliphatic rings. The van der Waals surface area contributed by atoms with Gasteiger partial charge in [-0.25, -0.2) is 4.79 Å². The number of nitrogens with zero attached hydrogens (tertiary/aromatic N) is 3. The summed E-state index contributed by atoms with van der Waals surface area (Å²) in [6.07, 6.45) is 1.59. The second kappa shape index (κ2) is 5.88. The first-order valence-corrected chi connectivity index (χ1v) is 6.96. The number of benzene rings is 1. The van der Waals surface area contributed by atoms with E-state index in [-0.39, 0.29) is 5.82 Å². The van der Waals surface area contributed by atoms with Crippen LogP contribution in [-0.2, 0) is 6.54 Å². The molecule has 22 heavy (non-hydrogen) atoms. The predicted octanol–water partition coefficient (Wildman–Crippen LogP) is 2.83. The van der Waals surface area contributed by atoms with Gasteiger partial charge in [-0.3, -0.25) is 4.40 Å². The van der Waals surface area contributed by atoms with Gasteiger partial charge in [-0.05, 0) is 29.8 Å². The van der Waals surface area contributed by atoms with Crippen LogP contribution in [0.2, 0.25) is 5.02 Å². The summed E-state index contributed by atoms with van der Waals surface area (Å²) in [6, 6.07) is 14.6. The molecule has 1 aromatic carbocycles. The highest BCUT2D eigenvalue weighted by Gasteiger charge is 2.11. The highest BCUT2D eigenvalue weighted by atomic mass is 35.5. The molecule has 0 saturated heterocycles. The molecule has 2 heterocycles. The van der Waals surface area contributed by atoms with Gasteiger partial charge in [-0.2, -0.15) is 10.2 Å². The van der Waals surface area contributed by atoms with Crippen LogP contribution in [0.5, 0.6) is 0 Å². The Balaban J connectivity index is 1.98. The second-order valence-corrected chi connectivity index (χ2v) is 5.10. The van der Waals surface area contributed by atoms with E-state index < -0.39 is 5.69 Å². The molecule has 0 amide bonds. The molecule has 3 aromatic rings. The normalized spacial score (nSPS) is 10.4. The number of pyridine rings is 1. The van der Waals surface area contributed by atoms with Gasteiger partial charge < -0.3 is 5.32 Å². The zero-order valence-electron chi connectivity index (χ0n) is 11.5. The minimum absolute atomic E-state index is 0.286. The molecule has 0 spiro atoms. The fourth-order valence-corrected chi connectivity index (χ4v) is 2.29. The number of halogens is 1. The van der Waals surface area contributed by atoms with Crippen LogP contribution in [0, 0.1) is 11.3 Å². The summed E-state index contributed by atoms with van der Waals surface area (Å²) in [4.78, 5) is 16.0. The Morgan fingerprint density at radius 2 is 2.00 bits per heavy atom. The molecule has 1 N–H and O–H groups in total. The Kier molecular flexibility index (Phi) is 3.77. The Bertz CT molecular complexity index is 926. The summed E-state index contributed by atoms with van der Waals surface area (Å²) in [5.74, 6) is 0.286. The highest BCUT2D eigenvalue weighted by molar-refractivity contribution is 6.30. The number of nitriles is 1. The molecular weight excluding hydrogens is 300 g/mol. The number of hydrogen-bond donors (Lipinski definition) is 1. The van der Waals surface area contributed by atoms with Crippen LogP contribution >= 0.6 is 11.6 Å². The Morgan fingerprint density at radius 1 is 1.23 bits per heavy atom. The van der Waals surface area contributed by atoms with Crippen LogP contribution in [-0.4, -0.2) is 9.38 Å². The Labute approximate surface area is 131 Å². The number of rotatable bonds is 3. The van der Waals surface area contributed by atoms with E-state index in [1.807, 2.05) is 12.1 Å². The molecule has 0 radical (unpaired) electrons. The van der Waals surface area contributed by atoms with Crippen molar-refractivity contribution in [2.45, 2.75) is 6.54 Å². The number of anilines is 1. The second-order valence-electron chi connectivity index (χ2n) is 4.67. The lowest BCUT2D eigenvalue weighted by atomic mass is 10.2. The van der Waals surface area contributed by atoms with E-state index >= 15 is 0 Å². The van der Waals surface area contributed by atoms with Crippen molar-refractivity contribution in [2.75, 3.05) is 5.32 Å². The highest BCUT2D eigenvalue weighted by Crippen LogP contribution is 2.17. The summed E-state index contributed by atoms with van der Waals surface area (Å²) < 4.78 is 1.35. The Hall–Kier alpha value is -2.84. The smallest absolute Gasteiger partial charge is 0.354 e. The molecule has 0 atom stereocenters. The van der Waals surface area contributed by atoms with Gasteiger partial charge in [-0.15, -0.1) is 0 Å². The van der Waals surface area contributed by atoms with Crippen molar-refractivity contribution in [3.63, 3.8) is 0 Å². The maximum atomic E-state index is 12.0. The summed E-state index contributed by atoms with van der Waals surface area (Å²) >= 11 is 5.84. The summed E-state index contributed by atoms with van der Waals surface area (Å²) in [6.45, 7) is 0.446. The number of fused-ring (bicyclic) bond motifs is 1. The third-order valence-corrected chi connectivity index (χ3v) is 3.50. The van der Waals surface area contributed by atoms with Crippen LogP contribution < -0.4 is 11.0 Å². The fraction of sp³-hybridized carbons (Fsp3) is 0.0625. The molecule has 3 rings (SSSR count). The van der Waals surface area contributed by atoms with Crippen LogP contribution in [0.1, 0.15) is 11.1 Å². The number of aromatic nitrogens is 2. The van der Waals surface area contributed by atoms with Gasteiger partial charge in [0.15, 0.2) is 5.82 Å². The molecule has 6 heteroatoms. The molecule has 5 nitrogen and oxygen atoms in total. The lowest BCUT2D eigenvalue weighted by Crippen LogP contribution is -2.20. The first-order valence-electron chi connectivity index (χ1n) is 6.59. The van der Waals surface area contributed by atoms with Crippen molar-refractivity contribution in [1.29, 1.82) is 5.26 Å². The third-order valence-electron chi connectivity index (χ3n) is 3.25. The Morgan fingerprint density at radius 3 is 2.73 bits per heavy atom. The van der Waals surface area contributed by atoms with E-state index in [0.717, 1.165) is 5.56 Å². The van der Waals surface area contributed by atoms with E-state index in [4.69, 9.17) is 11.6 Å². The number of nitrogens with one attached hydrogen (secondary N) is 1. The molecule has 0 aliphatic carbocycles. The SMILES string of the molecule is N#Cc1c(NCc2ccc(Cl)cc2)nc(=O)n2ccccc12. The monoisotopic (exact) mass is 310 g/mol. The minimum atomic E-state index is -0.423. The molecule has 108 valence electrons.